The Bertz CT molecular complexity index is 391. The monoisotopic (exact) mass is 222 g/mol. The molecule has 0 bridgehead atoms. The zero-order chi connectivity index (χ0) is 10.3. The van der Waals surface area contributed by atoms with Crippen molar-refractivity contribution in [3.8, 4) is 0 Å². The van der Waals surface area contributed by atoms with E-state index in [4.69, 9.17) is 0 Å². The zero-order valence-electron chi connectivity index (χ0n) is 8.36. The van der Waals surface area contributed by atoms with Gasteiger partial charge in [0.1, 0.15) is 0 Å². The second kappa shape index (κ2) is 3.35. The number of fused-ring (bicyclic) bond motifs is 1. The molecule has 1 aromatic carbocycles. The van der Waals surface area contributed by atoms with Gasteiger partial charge in [-0.05, 0) is 25.0 Å². The van der Waals surface area contributed by atoms with E-state index in [2.05, 4.69) is 69.4 Å². The van der Waals surface area contributed by atoms with Gasteiger partial charge >= 0.3 is 0 Å². The van der Waals surface area contributed by atoms with E-state index in [1.165, 1.54) is 16.7 Å². The lowest BCUT2D eigenvalue weighted by atomic mass is 9.84. The minimum atomic E-state index is -0.141. The molecule has 0 aromatic heterocycles. The number of thiol groups is 2. The summed E-state index contributed by atoms with van der Waals surface area (Å²) in [6, 6.07) is 8.38. The predicted molar refractivity (Wildman–Crippen MR) is 69.2 cm³/mol. The van der Waals surface area contributed by atoms with Crippen LogP contribution in [0.15, 0.2) is 29.8 Å². The summed E-state index contributed by atoms with van der Waals surface area (Å²) in [5.74, 6) is 0. The van der Waals surface area contributed by atoms with E-state index >= 15 is 0 Å². The molecule has 1 aliphatic carbocycles. The molecule has 2 unspecified atom stereocenters. The van der Waals surface area contributed by atoms with Crippen molar-refractivity contribution in [1.29, 1.82) is 0 Å². The molecular weight excluding hydrogens is 208 g/mol. The fraction of sp³-hybridized carbons (Fsp3) is 0.333. The second-order valence-corrected chi connectivity index (χ2v) is 5.45. The van der Waals surface area contributed by atoms with Crippen LogP contribution in [0.4, 0.5) is 0 Å². The van der Waals surface area contributed by atoms with Crippen molar-refractivity contribution in [2.45, 2.75) is 23.8 Å². The molecule has 0 aliphatic heterocycles. The van der Waals surface area contributed by atoms with E-state index in [0.717, 1.165) is 0 Å². The third-order valence-corrected chi connectivity index (χ3v) is 4.60. The Morgan fingerprint density at radius 2 is 1.93 bits per heavy atom. The Morgan fingerprint density at radius 1 is 1.29 bits per heavy atom. The van der Waals surface area contributed by atoms with E-state index in [1.807, 2.05) is 0 Å². The minimum Gasteiger partial charge on any atom is -0.169 e. The standard InChI is InChI=1S/C12H14S2/c1-8-7-9-5-3-4-6-10(9)11(13)12(8,2)14/h3-7,11,13-14H,1-2H3. The summed E-state index contributed by atoms with van der Waals surface area (Å²) < 4.78 is -0.141. The van der Waals surface area contributed by atoms with Gasteiger partial charge in [-0.3, -0.25) is 0 Å². The Balaban J connectivity index is 2.62. The van der Waals surface area contributed by atoms with Crippen LogP contribution < -0.4 is 0 Å². The quantitative estimate of drug-likeness (QED) is 0.614. The lowest BCUT2D eigenvalue weighted by molar-refractivity contribution is 0.723. The molecule has 0 radical (unpaired) electrons. The van der Waals surface area contributed by atoms with Crippen LogP contribution in [-0.4, -0.2) is 4.75 Å². The Labute approximate surface area is 96.2 Å². The first-order chi connectivity index (χ1) is 6.53. The van der Waals surface area contributed by atoms with Crippen LogP contribution in [0.5, 0.6) is 0 Å². The van der Waals surface area contributed by atoms with Crippen molar-refractivity contribution in [1.82, 2.24) is 0 Å². The number of hydrogen-bond acceptors (Lipinski definition) is 2. The van der Waals surface area contributed by atoms with Crippen molar-refractivity contribution in [2.75, 3.05) is 0 Å². The highest BCUT2D eigenvalue weighted by molar-refractivity contribution is 7.85. The summed E-state index contributed by atoms with van der Waals surface area (Å²) >= 11 is 9.35. The first-order valence-electron chi connectivity index (χ1n) is 4.71. The maximum atomic E-state index is 4.69. The Kier molecular flexibility index (Phi) is 2.44. The van der Waals surface area contributed by atoms with Crippen LogP contribution >= 0.6 is 25.3 Å². The van der Waals surface area contributed by atoms with E-state index in [1.54, 1.807) is 0 Å². The number of benzene rings is 1. The van der Waals surface area contributed by atoms with Crippen LogP contribution in [0.2, 0.25) is 0 Å². The van der Waals surface area contributed by atoms with Gasteiger partial charge in [-0.15, -0.1) is 0 Å². The number of hydrogen-bond donors (Lipinski definition) is 2. The topological polar surface area (TPSA) is 0 Å². The average Bonchev–Trinajstić information content (AvgIpc) is 2.15. The molecule has 2 heteroatoms. The molecule has 0 saturated heterocycles. The Morgan fingerprint density at radius 3 is 2.64 bits per heavy atom. The van der Waals surface area contributed by atoms with Crippen LogP contribution in [-0.2, 0) is 0 Å². The van der Waals surface area contributed by atoms with Crippen LogP contribution in [0.3, 0.4) is 0 Å². The summed E-state index contributed by atoms with van der Waals surface area (Å²) in [6.45, 7) is 4.24. The lowest BCUT2D eigenvalue weighted by Gasteiger charge is -2.36. The zero-order valence-corrected chi connectivity index (χ0v) is 10.1. The molecule has 0 spiro atoms. The fourth-order valence-corrected chi connectivity index (χ4v) is 2.43. The summed E-state index contributed by atoms with van der Waals surface area (Å²) in [6.07, 6.45) is 2.20. The molecule has 0 fully saturated rings. The van der Waals surface area contributed by atoms with Gasteiger partial charge in [0.15, 0.2) is 0 Å². The predicted octanol–water partition coefficient (Wildman–Crippen LogP) is 3.76. The van der Waals surface area contributed by atoms with Gasteiger partial charge in [-0.25, -0.2) is 0 Å². The first kappa shape index (κ1) is 10.2. The summed E-state index contributed by atoms with van der Waals surface area (Å²) in [4.78, 5) is 0. The van der Waals surface area contributed by atoms with Crippen molar-refractivity contribution in [3.63, 3.8) is 0 Å². The molecule has 1 aromatic rings. The number of rotatable bonds is 0. The maximum Gasteiger partial charge on any atom is 0.0467 e. The molecule has 74 valence electrons. The van der Waals surface area contributed by atoms with E-state index in [-0.39, 0.29) is 10.00 Å². The SMILES string of the molecule is CC1=Cc2ccccc2C(S)C1(C)S. The van der Waals surface area contributed by atoms with E-state index in [0.29, 0.717) is 0 Å². The highest BCUT2D eigenvalue weighted by Crippen LogP contribution is 2.46. The van der Waals surface area contributed by atoms with Gasteiger partial charge in [0.25, 0.3) is 0 Å². The lowest BCUT2D eigenvalue weighted by Crippen LogP contribution is -2.27. The van der Waals surface area contributed by atoms with Gasteiger partial charge < -0.3 is 0 Å². The molecule has 0 nitrogen and oxygen atoms in total. The molecule has 0 N–H and O–H groups in total. The summed E-state index contributed by atoms with van der Waals surface area (Å²) in [5.41, 5.74) is 3.83. The van der Waals surface area contributed by atoms with Gasteiger partial charge in [-0.2, -0.15) is 25.3 Å². The van der Waals surface area contributed by atoms with Crippen LogP contribution in [0.25, 0.3) is 6.08 Å². The minimum absolute atomic E-state index is 0.141. The van der Waals surface area contributed by atoms with Gasteiger partial charge in [0.2, 0.25) is 0 Å². The van der Waals surface area contributed by atoms with Gasteiger partial charge in [0.05, 0.1) is 0 Å². The van der Waals surface area contributed by atoms with Crippen molar-refractivity contribution in [3.05, 3.63) is 41.0 Å². The fourth-order valence-electron chi connectivity index (χ4n) is 1.79. The largest absolute Gasteiger partial charge is 0.169 e. The normalized spacial score (nSPS) is 30.9. The molecular formula is C12H14S2. The molecule has 2 atom stereocenters. The molecule has 0 heterocycles. The maximum absolute atomic E-state index is 4.69. The highest BCUT2D eigenvalue weighted by Gasteiger charge is 2.34. The highest BCUT2D eigenvalue weighted by atomic mass is 32.1. The second-order valence-electron chi connectivity index (χ2n) is 4.01. The third kappa shape index (κ3) is 1.41. The molecule has 0 saturated carbocycles. The van der Waals surface area contributed by atoms with Gasteiger partial charge in [0, 0.05) is 10.00 Å². The molecule has 14 heavy (non-hydrogen) atoms. The third-order valence-electron chi connectivity index (χ3n) is 2.99. The first-order valence-corrected chi connectivity index (χ1v) is 5.68. The van der Waals surface area contributed by atoms with Crippen LogP contribution in [0.1, 0.15) is 30.2 Å². The van der Waals surface area contributed by atoms with Crippen molar-refractivity contribution >= 4 is 31.3 Å². The summed E-state index contributed by atoms with van der Waals surface area (Å²) in [5, 5.41) is 0.173. The van der Waals surface area contributed by atoms with E-state index < -0.39 is 0 Å². The molecule has 2 rings (SSSR count). The summed E-state index contributed by atoms with van der Waals surface area (Å²) in [7, 11) is 0. The van der Waals surface area contributed by atoms with Crippen molar-refractivity contribution in [2.24, 2.45) is 0 Å². The van der Waals surface area contributed by atoms with Gasteiger partial charge in [-0.1, -0.05) is 35.9 Å². The smallest absolute Gasteiger partial charge is 0.0467 e. The molecule has 1 aliphatic rings. The van der Waals surface area contributed by atoms with Crippen molar-refractivity contribution < 1.29 is 0 Å². The van der Waals surface area contributed by atoms with Crippen LogP contribution in [0, 0.1) is 0 Å². The average molecular weight is 222 g/mol. The van der Waals surface area contributed by atoms with E-state index in [9.17, 15) is 0 Å². The molecule has 0 amide bonds. The Hall–Kier alpha value is -0.340.